The van der Waals surface area contributed by atoms with Gasteiger partial charge in [0, 0.05) is 29.2 Å². The number of Topliss-reactive ketones (excluding diaryl/α,β-unsaturated/α-hetero) is 1. The van der Waals surface area contributed by atoms with E-state index in [9.17, 15) is 24.3 Å². The van der Waals surface area contributed by atoms with Gasteiger partial charge in [-0.3, -0.25) is 24.1 Å². The van der Waals surface area contributed by atoms with Gasteiger partial charge in [-0.15, -0.1) is 0 Å². The van der Waals surface area contributed by atoms with Gasteiger partial charge in [-0.05, 0) is 55.9 Å². The second kappa shape index (κ2) is 8.08. The molecule has 1 aromatic carbocycles. The van der Waals surface area contributed by atoms with Gasteiger partial charge in [0.25, 0.3) is 0 Å². The molecule has 1 aromatic rings. The summed E-state index contributed by atoms with van der Waals surface area (Å²) < 4.78 is 5.30. The molecule has 0 saturated carbocycles. The van der Waals surface area contributed by atoms with Crippen LogP contribution in [0.4, 0.5) is 0 Å². The van der Waals surface area contributed by atoms with Crippen molar-refractivity contribution in [3.63, 3.8) is 0 Å². The van der Waals surface area contributed by atoms with E-state index in [2.05, 4.69) is 0 Å². The van der Waals surface area contributed by atoms with E-state index in [0.29, 0.717) is 41.7 Å². The Morgan fingerprint density at radius 1 is 1.12 bits per heavy atom. The van der Waals surface area contributed by atoms with Crippen LogP contribution >= 0.6 is 0 Å². The van der Waals surface area contributed by atoms with Crippen LogP contribution in [0.5, 0.6) is 11.5 Å². The van der Waals surface area contributed by atoms with E-state index >= 15 is 0 Å². The van der Waals surface area contributed by atoms with Crippen LogP contribution in [-0.4, -0.2) is 47.0 Å². The van der Waals surface area contributed by atoms with Gasteiger partial charge in [0.2, 0.25) is 11.8 Å². The molecular formula is C27H27NO6. The van der Waals surface area contributed by atoms with E-state index in [-0.39, 0.29) is 47.2 Å². The second-order valence-corrected chi connectivity index (χ2v) is 9.49. The van der Waals surface area contributed by atoms with E-state index < -0.39 is 17.8 Å². The summed E-state index contributed by atoms with van der Waals surface area (Å²) in [6, 6.07) is 4.91. The lowest BCUT2D eigenvalue weighted by atomic mass is 9.59. The summed E-state index contributed by atoms with van der Waals surface area (Å²) in [7, 11) is 1.45. The molecule has 0 aromatic heterocycles. The fraction of sp³-hybridized carbons (Fsp3) is 0.407. The minimum absolute atomic E-state index is 0.0283. The van der Waals surface area contributed by atoms with Gasteiger partial charge in [-0.25, -0.2) is 0 Å². The molecule has 4 atom stereocenters. The number of carbonyl (C=O) groups is 4. The zero-order valence-corrected chi connectivity index (χ0v) is 19.5. The number of benzene rings is 1. The number of rotatable bonds is 4. The van der Waals surface area contributed by atoms with Crippen molar-refractivity contribution in [1.29, 1.82) is 0 Å². The maximum atomic E-state index is 13.4. The number of nitrogens with zero attached hydrogens (tertiary/aromatic N) is 1. The topological polar surface area (TPSA) is 101 Å². The largest absolute Gasteiger partial charge is 0.504 e. The van der Waals surface area contributed by atoms with Crippen LogP contribution in [0.1, 0.15) is 44.6 Å². The fourth-order valence-corrected chi connectivity index (χ4v) is 6.12. The van der Waals surface area contributed by atoms with Crippen LogP contribution < -0.4 is 4.74 Å². The lowest BCUT2D eigenvalue weighted by Gasteiger charge is -2.42. The Kier molecular flexibility index (Phi) is 5.30. The van der Waals surface area contributed by atoms with Crippen molar-refractivity contribution in [2.45, 2.75) is 39.0 Å². The third kappa shape index (κ3) is 3.10. The smallest absolute Gasteiger partial charge is 0.233 e. The quantitative estimate of drug-likeness (QED) is 0.420. The molecule has 7 heteroatoms. The molecule has 1 aliphatic heterocycles. The van der Waals surface area contributed by atoms with E-state index in [1.807, 2.05) is 13.0 Å². The molecular weight excluding hydrogens is 434 g/mol. The Morgan fingerprint density at radius 3 is 2.59 bits per heavy atom. The summed E-state index contributed by atoms with van der Waals surface area (Å²) in [5, 5.41) is 10.1. The Labute approximate surface area is 197 Å². The standard InChI is InChI=1S/C27H27NO6/c1-4-9-28-26(32)16-7-6-15-17(23(16)27(28)33)12-18-20(30)10-13(2)25(31)24(18)22(15)14-5-8-19(29)21(11-14)34-3/h5-6,8,10-11,16-17,22-23,29H,4,7,9,12H2,1-3H3/t16-,17+,22-,23-/m0/s1. The summed E-state index contributed by atoms with van der Waals surface area (Å²) in [5.74, 6) is -2.35. The minimum Gasteiger partial charge on any atom is -0.504 e. The second-order valence-electron chi connectivity index (χ2n) is 9.49. The third-order valence-corrected chi connectivity index (χ3v) is 7.64. The van der Waals surface area contributed by atoms with Gasteiger partial charge in [0.15, 0.2) is 23.1 Å². The number of carbonyl (C=O) groups excluding carboxylic acids is 4. The van der Waals surface area contributed by atoms with Crippen molar-refractivity contribution in [1.82, 2.24) is 4.90 Å². The average molecular weight is 462 g/mol. The summed E-state index contributed by atoms with van der Waals surface area (Å²) >= 11 is 0. The number of methoxy groups -OCH3 is 1. The summed E-state index contributed by atoms with van der Waals surface area (Å²) in [5.41, 5.74) is 2.83. The molecule has 0 spiro atoms. The summed E-state index contributed by atoms with van der Waals surface area (Å²) in [6.45, 7) is 3.95. The number of ether oxygens (including phenoxy) is 1. The lowest BCUT2D eigenvalue weighted by Crippen LogP contribution is -2.39. The molecule has 176 valence electrons. The van der Waals surface area contributed by atoms with Gasteiger partial charge in [0.1, 0.15) is 0 Å². The molecule has 1 fully saturated rings. The first-order valence-corrected chi connectivity index (χ1v) is 11.7. The summed E-state index contributed by atoms with van der Waals surface area (Å²) in [4.78, 5) is 54.2. The number of likely N-dealkylation sites (tertiary alicyclic amines) is 1. The maximum Gasteiger partial charge on any atom is 0.233 e. The summed E-state index contributed by atoms with van der Waals surface area (Å²) in [6.07, 6.45) is 4.74. The monoisotopic (exact) mass is 461 g/mol. The first-order valence-electron chi connectivity index (χ1n) is 11.7. The number of phenolic OH excluding ortho intramolecular Hbond substituents is 1. The number of hydrogen-bond acceptors (Lipinski definition) is 6. The van der Waals surface area contributed by atoms with Crippen molar-refractivity contribution in [3.05, 3.63) is 58.2 Å². The predicted molar refractivity (Wildman–Crippen MR) is 123 cm³/mol. The average Bonchev–Trinajstić information content (AvgIpc) is 3.07. The van der Waals surface area contributed by atoms with Gasteiger partial charge in [-0.2, -0.15) is 0 Å². The van der Waals surface area contributed by atoms with Crippen LogP contribution in [0.15, 0.2) is 52.6 Å². The number of ketones is 2. The molecule has 2 amide bonds. The highest BCUT2D eigenvalue weighted by Crippen LogP contribution is 2.55. The zero-order chi connectivity index (χ0) is 24.3. The molecule has 0 radical (unpaired) electrons. The highest BCUT2D eigenvalue weighted by Gasteiger charge is 2.56. The van der Waals surface area contributed by atoms with Crippen molar-refractivity contribution < 1.29 is 29.0 Å². The van der Waals surface area contributed by atoms with Crippen LogP contribution in [0.3, 0.4) is 0 Å². The van der Waals surface area contributed by atoms with Crippen molar-refractivity contribution in [2.24, 2.45) is 17.8 Å². The Balaban J connectivity index is 1.68. The number of phenols is 1. The number of aromatic hydroxyl groups is 1. The highest BCUT2D eigenvalue weighted by molar-refractivity contribution is 6.23. The van der Waals surface area contributed by atoms with Crippen LogP contribution in [0.25, 0.3) is 0 Å². The van der Waals surface area contributed by atoms with Crippen LogP contribution in [0.2, 0.25) is 0 Å². The van der Waals surface area contributed by atoms with Gasteiger partial charge < -0.3 is 9.84 Å². The Hall–Kier alpha value is -3.48. The number of hydrogen-bond donors (Lipinski definition) is 1. The van der Waals surface area contributed by atoms with E-state index in [1.165, 1.54) is 24.2 Å². The van der Waals surface area contributed by atoms with Crippen molar-refractivity contribution in [3.8, 4) is 11.5 Å². The Morgan fingerprint density at radius 2 is 1.88 bits per heavy atom. The first-order chi connectivity index (χ1) is 16.3. The molecule has 34 heavy (non-hydrogen) atoms. The number of allylic oxidation sites excluding steroid dienone is 6. The minimum atomic E-state index is -0.549. The molecule has 0 unspecified atom stereocenters. The number of fused-ring (bicyclic) bond motifs is 3. The SMILES string of the molecule is CCCN1C(=O)[C@H]2[C@H](CC=C3[C@H](c4ccc(O)c(OC)c4)C4=C(C[C@H]32)C(=O)C=C(C)C4=O)C1=O. The molecule has 1 heterocycles. The Bertz CT molecular complexity index is 1240. The zero-order valence-electron chi connectivity index (χ0n) is 19.5. The molecule has 1 saturated heterocycles. The molecule has 4 aliphatic rings. The molecule has 1 N–H and O–H groups in total. The van der Waals surface area contributed by atoms with Gasteiger partial charge >= 0.3 is 0 Å². The normalized spacial score (nSPS) is 28.4. The van der Waals surface area contributed by atoms with E-state index in [4.69, 9.17) is 4.74 Å². The van der Waals surface area contributed by atoms with Crippen molar-refractivity contribution in [2.75, 3.05) is 13.7 Å². The lowest BCUT2D eigenvalue weighted by molar-refractivity contribution is -0.140. The van der Waals surface area contributed by atoms with Crippen LogP contribution in [-0.2, 0) is 19.2 Å². The van der Waals surface area contributed by atoms with Gasteiger partial charge in [0.05, 0.1) is 18.9 Å². The predicted octanol–water partition coefficient (Wildman–Crippen LogP) is 3.24. The highest BCUT2D eigenvalue weighted by atomic mass is 16.5. The van der Waals surface area contributed by atoms with Crippen molar-refractivity contribution >= 4 is 23.4 Å². The molecule has 7 nitrogen and oxygen atoms in total. The molecule has 3 aliphatic carbocycles. The number of imide groups is 1. The first kappa shape index (κ1) is 22.3. The van der Waals surface area contributed by atoms with E-state index in [1.54, 1.807) is 19.1 Å². The molecule has 0 bridgehead atoms. The number of amides is 2. The van der Waals surface area contributed by atoms with Crippen LogP contribution in [0, 0.1) is 17.8 Å². The maximum absolute atomic E-state index is 13.4. The van der Waals surface area contributed by atoms with E-state index in [0.717, 1.165) is 5.57 Å². The third-order valence-electron chi connectivity index (χ3n) is 7.64. The fourth-order valence-electron chi connectivity index (χ4n) is 6.12. The molecule has 5 rings (SSSR count). The van der Waals surface area contributed by atoms with Gasteiger partial charge in [-0.1, -0.05) is 24.6 Å².